The second-order valence-electron chi connectivity index (χ2n) is 7.03. The van der Waals surface area contributed by atoms with Crippen LogP contribution in [0.2, 0.25) is 0 Å². The maximum atomic E-state index is 11.2. The monoisotopic (exact) mass is 342 g/mol. The molecule has 0 bridgehead atoms. The van der Waals surface area contributed by atoms with Gasteiger partial charge < -0.3 is 0 Å². The van der Waals surface area contributed by atoms with Crippen molar-refractivity contribution in [1.29, 1.82) is 0 Å². The molecule has 0 aromatic carbocycles. The number of aromatic nitrogens is 2. The quantitative estimate of drug-likeness (QED) is 0.857. The molecule has 1 aliphatic rings. The summed E-state index contributed by atoms with van der Waals surface area (Å²) in [5, 5.41) is 4.66. The summed E-state index contributed by atoms with van der Waals surface area (Å²) in [4.78, 5) is 2.46. The van der Waals surface area contributed by atoms with Gasteiger partial charge in [0.25, 0.3) is 0 Å². The van der Waals surface area contributed by atoms with Gasteiger partial charge in [-0.2, -0.15) is 5.10 Å². The van der Waals surface area contributed by atoms with Gasteiger partial charge in [0, 0.05) is 30.4 Å². The van der Waals surface area contributed by atoms with Crippen LogP contribution in [0.3, 0.4) is 0 Å². The standard InChI is InChI=1S/C16H30N4O2S/c1-12(2)20-14(4)16(13(3)18-20)11-19-8-6-15(7-9-19)10-17-23(5,21)22/h12,15,17H,6-11H2,1-5H3. The first-order chi connectivity index (χ1) is 10.7. The Bertz CT molecular complexity index is 629. The molecule has 2 rings (SSSR count). The molecule has 1 aromatic rings. The Hall–Kier alpha value is -0.920. The van der Waals surface area contributed by atoms with Gasteiger partial charge in [-0.25, -0.2) is 13.1 Å². The van der Waals surface area contributed by atoms with Crippen molar-refractivity contribution in [3.63, 3.8) is 0 Å². The lowest BCUT2D eigenvalue weighted by Crippen LogP contribution is -2.38. The second kappa shape index (κ2) is 7.32. The molecule has 6 nitrogen and oxygen atoms in total. The van der Waals surface area contributed by atoms with Crippen LogP contribution in [0.4, 0.5) is 0 Å². The van der Waals surface area contributed by atoms with E-state index in [0.717, 1.165) is 38.2 Å². The molecule has 0 radical (unpaired) electrons. The van der Waals surface area contributed by atoms with Gasteiger partial charge in [0.15, 0.2) is 0 Å². The predicted octanol–water partition coefficient (Wildman–Crippen LogP) is 1.84. The maximum absolute atomic E-state index is 11.2. The first-order valence-electron chi connectivity index (χ1n) is 8.39. The van der Waals surface area contributed by atoms with E-state index in [1.54, 1.807) is 0 Å². The molecule has 0 aliphatic carbocycles. The summed E-state index contributed by atoms with van der Waals surface area (Å²) in [6.07, 6.45) is 3.30. The number of likely N-dealkylation sites (tertiary alicyclic amines) is 1. The molecule has 7 heteroatoms. The second-order valence-corrected chi connectivity index (χ2v) is 8.86. The average Bonchev–Trinajstić information content (AvgIpc) is 2.74. The van der Waals surface area contributed by atoms with Crippen LogP contribution in [0.25, 0.3) is 0 Å². The van der Waals surface area contributed by atoms with Gasteiger partial charge in [-0.05, 0) is 59.5 Å². The highest BCUT2D eigenvalue weighted by atomic mass is 32.2. The normalized spacial score (nSPS) is 18.0. The van der Waals surface area contributed by atoms with Crippen LogP contribution in [0, 0.1) is 19.8 Å². The van der Waals surface area contributed by atoms with Gasteiger partial charge in [0.1, 0.15) is 0 Å². The molecule has 1 aromatic heterocycles. The van der Waals surface area contributed by atoms with Crippen molar-refractivity contribution < 1.29 is 8.42 Å². The highest BCUT2D eigenvalue weighted by Gasteiger charge is 2.22. The first kappa shape index (κ1) is 18.4. The molecule has 0 unspecified atom stereocenters. The predicted molar refractivity (Wildman–Crippen MR) is 92.9 cm³/mol. The third-order valence-electron chi connectivity index (χ3n) is 4.69. The molecule has 1 fully saturated rings. The number of rotatable bonds is 6. The Labute approximate surface area is 140 Å². The van der Waals surface area contributed by atoms with Crippen LogP contribution in [-0.2, 0) is 16.6 Å². The molecule has 0 saturated carbocycles. The summed E-state index contributed by atoms with van der Waals surface area (Å²) in [5.74, 6) is 0.446. The van der Waals surface area contributed by atoms with E-state index < -0.39 is 10.0 Å². The fourth-order valence-electron chi connectivity index (χ4n) is 3.27. The van der Waals surface area contributed by atoms with E-state index in [9.17, 15) is 8.42 Å². The van der Waals surface area contributed by atoms with Gasteiger partial charge in [-0.1, -0.05) is 0 Å². The maximum Gasteiger partial charge on any atom is 0.208 e. The molecule has 1 aliphatic heterocycles. The minimum absolute atomic E-state index is 0.384. The van der Waals surface area contributed by atoms with Crippen molar-refractivity contribution in [3.8, 4) is 0 Å². The van der Waals surface area contributed by atoms with E-state index in [-0.39, 0.29) is 0 Å². The summed E-state index contributed by atoms with van der Waals surface area (Å²) in [5.41, 5.74) is 3.72. The lowest BCUT2D eigenvalue weighted by molar-refractivity contribution is 0.178. The number of hydrogen-bond donors (Lipinski definition) is 1. The summed E-state index contributed by atoms with van der Waals surface area (Å²) < 4.78 is 27.1. The SMILES string of the molecule is Cc1nn(C(C)C)c(C)c1CN1CCC(CNS(C)(=O)=O)CC1. The zero-order valence-corrected chi connectivity index (χ0v) is 15.8. The molecule has 132 valence electrons. The van der Waals surface area contributed by atoms with Gasteiger partial charge in [-0.15, -0.1) is 0 Å². The minimum atomic E-state index is -3.08. The van der Waals surface area contributed by atoms with Crippen molar-refractivity contribution in [2.75, 3.05) is 25.9 Å². The lowest BCUT2D eigenvalue weighted by atomic mass is 9.96. The van der Waals surface area contributed by atoms with E-state index in [2.05, 4.69) is 47.1 Å². The van der Waals surface area contributed by atoms with E-state index >= 15 is 0 Å². The number of piperidine rings is 1. The van der Waals surface area contributed by atoms with E-state index in [1.807, 2.05) is 0 Å². The zero-order valence-electron chi connectivity index (χ0n) is 15.0. The van der Waals surface area contributed by atoms with Crippen LogP contribution < -0.4 is 4.72 Å². The Morgan fingerprint density at radius 3 is 2.35 bits per heavy atom. The van der Waals surface area contributed by atoms with Crippen LogP contribution in [0.1, 0.15) is 49.7 Å². The summed E-state index contributed by atoms with van der Waals surface area (Å²) in [6, 6.07) is 0.384. The molecule has 0 amide bonds. The van der Waals surface area contributed by atoms with Crippen LogP contribution in [-0.4, -0.2) is 49.0 Å². The van der Waals surface area contributed by atoms with Crippen LogP contribution >= 0.6 is 0 Å². The number of sulfonamides is 1. The van der Waals surface area contributed by atoms with Crippen molar-refractivity contribution >= 4 is 10.0 Å². The first-order valence-corrected chi connectivity index (χ1v) is 10.3. The van der Waals surface area contributed by atoms with Crippen molar-refractivity contribution in [1.82, 2.24) is 19.4 Å². The van der Waals surface area contributed by atoms with Crippen molar-refractivity contribution in [2.24, 2.45) is 5.92 Å². The van der Waals surface area contributed by atoms with E-state index in [0.29, 0.717) is 18.5 Å². The summed E-state index contributed by atoms with van der Waals surface area (Å²) in [7, 11) is -3.08. The molecule has 1 saturated heterocycles. The topological polar surface area (TPSA) is 67.2 Å². The molecule has 1 N–H and O–H groups in total. The molecule has 0 spiro atoms. The highest BCUT2D eigenvalue weighted by Crippen LogP contribution is 2.23. The smallest absolute Gasteiger partial charge is 0.208 e. The Morgan fingerprint density at radius 1 is 1.26 bits per heavy atom. The molecular weight excluding hydrogens is 312 g/mol. The van der Waals surface area contributed by atoms with Crippen molar-refractivity contribution in [3.05, 3.63) is 17.0 Å². The third kappa shape index (κ3) is 5.02. The molecule has 23 heavy (non-hydrogen) atoms. The summed E-state index contributed by atoms with van der Waals surface area (Å²) >= 11 is 0. The van der Waals surface area contributed by atoms with Gasteiger partial charge >= 0.3 is 0 Å². The Kier molecular flexibility index (Phi) is 5.86. The lowest BCUT2D eigenvalue weighted by Gasteiger charge is -2.32. The van der Waals surface area contributed by atoms with Crippen LogP contribution in [0.15, 0.2) is 0 Å². The summed E-state index contributed by atoms with van der Waals surface area (Å²) in [6.45, 7) is 12.1. The van der Waals surface area contributed by atoms with E-state index in [4.69, 9.17) is 0 Å². The Morgan fingerprint density at radius 2 is 1.87 bits per heavy atom. The van der Waals surface area contributed by atoms with Crippen LogP contribution in [0.5, 0.6) is 0 Å². The fraction of sp³-hybridized carbons (Fsp3) is 0.812. The fourth-order valence-corrected chi connectivity index (χ4v) is 3.81. The third-order valence-corrected chi connectivity index (χ3v) is 5.38. The van der Waals surface area contributed by atoms with E-state index in [1.165, 1.54) is 17.5 Å². The zero-order chi connectivity index (χ0) is 17.2. The minimum Gasteiger partial charge on any atom is -0.299 e. The van der Waals surface area contributed by atoms with Gasteiger partial charge in [0.05, 0.1) is 11.9 Å². The largest absolute Gasteiger partial charge is 0.299 e. The molecule has 2 heterocycles. The number of nitrogens with zero attached hydrogens (tertiary/aromatic N) is 3. The van der Waals surface area contributed by atoms with Gasteiger partial charge in [-0.3, -0.25) is 9.58 Å². The van der Waals surface area contributed by atoms with Crippen molar-refractivity contribution in [2.45, 2.75) is 53.1 Å². The molecular formula is C16H30N4O2S. The Balaban J connectivity index is 1.90. The number of hydrogen-bond acceptors (Lipinski definition) is 4. The molecule has 0 atom stereocenters. The van der Waals surface area contributed by atoms with Gasteiger partial charge in [0.2, 0.25) is 10.0 Å². The highest BCUT2D eigenvalue weighted by molar-refractivity contribution is 7.88. The number of nitrogens with one attached hydrogen (secondary N) is 1. The average molecular weight is 343 g/mol. The number of aryl methyl sites for hydroxylation is 1.